The number of carbonyl (C=O) groups is 1. The average Bonchev–Trinajstić information content (AvgIpc) is 2.81. The maximum atomic E-state index is 11.7. The van der Waals surface area contributed by atoms with Crippen molar-refractivity contribution in [1.29, 1.82) is 0 Å². The summed E-state index contributed by atoms with van der Waals surface area (Å²) in [7, 11) is 0. The Kier molecular flexibility index (Phi) is 4.10. The highest BCUT2D eigenvalue weighted by molar-refractivity contribution is 9.10. The van der Waals surface area contributed by atoms with Gasteiger partial charge in [-0.1, -0.05) is 28.1 Å². The van der Waals surface area contributed by atoms with Crippen LogP contribution in [0.1, 0.15) is 24.4 Å². The molecule has 0 spiro atoms. The lowest BCUT2D eigenvalue weighted by Gasteiger charge is -2.41. The normalized spacial score (nSPS) is 24.8. The maximum Gasteiger partial charge on any atom is 0.222 e. The third-order valence-electron chi connectivity index (χ3n) is 4.42. The SMILES string of the molecule is NCC(c1cccc(Br)c1)N1CCN2C(=O)CCC2C1. The highest BCUT2D eigenvalue weighted by Gasteiger charge is 2.37. The molecule has 2 heterocycles. The van der Waals surface area contributed by atoms with Crippen molar-refractivity contribution < 1.29 is 4.79 Å². The molecule has 2 fully saturated rings. The maximum absolute atomic E-state index is 11.7. The number of hydrogen-bond donors (Lipinski definition) is 1. The minimum absolute atomic E-state index is 0.241. The van der Waals surface area contributed by atoms with E-state index < -0.39 is 0 Å². The molecule has 0 bridgehead atoms. The van der Waals surface area contributed by atoms with E-state index in [-0.39, 0.29) is 6.04 Å². The van der Waals surface area contributed by atoms with Gasteiger partial charge in [-0.2, -0.15) is 0 Å². The molecule has 5 heteroatoms. The Hall–Kier alpha value is -0.910. The van der Waals surface area contributed by atoms with Crippen LogP contribution in [0.15, 0.2) is 28.7 Å². The van der Waals surface area contributed by atoms with Crippen molar-refractivity contribution in [2.45, 2.75) is 24.9 Å². The Bertz CT molecular complexity index is 508. The van der Waals surface area contributed by atoms with Crippen LogP contribution in [0.25, 0.3) is 0 Å². The quantitative estimate of drug-likeness (QED) is 0.914. The van der Waals surface area contributed by atoms with Crippen LogP contribution in [-0.4, -0.2) is 47.9 Å². The summed E-state index contributed by atoms with van der Waals surface area (Å²) in [5.74, 6) is 0.321. The fourth-order valence-corrected chi connectivity index (χ4v) is 3.80. The number of carbonyl (C=O) groups excluding carboxylic acids is 1. The van der Waals surface area contributed by atoms with E-state index in [2.05, 4.69) is 39.0 Å². The molecule has 2 N–H and O–H groups in total. The Morgan fingerprint density at radius 2 is 2.25 bits per heavy atom. The summed E-state index contributed by atoms with van der Waals surface area (Å²) in [5, 5.41) is 0. The van der Waals surface area contributed by atoms with Crippen molar-refractivity contribution in [2.75, 3.05) is 26.2 Å². The van der Waals surface area contributed by atoms with Crippen LogP contribution in [0.5, 0.6) is 0 Å². The molecule has 3 rings (SSSR count). The second-order valence-corrected chi connectivity index (χ2v) is 6.50. The summed E-state index contributed by atoms with van der Waals surface area (Å²) in [6, 6.07) is 8.99. The molecule has 0 aliphatic carbocycles. The standard InChI is InChI=1S/C15H20BrN3O/c16-12-3-1-2-11(8-12)14(9-17)18-6-7-19-13(10-18)4-5-15(19)20/h1-3,8,13-14H,4-7,9-10,17H2. The minimum Gasteiger partial charge on any atom is -0.337 e. The lowest BCUT2D eigenvalue weighted by atomic mass is 10.0. The van der Waals surface area contributed by atoms with E-state index in [1.165, 1.54) is 5.56 Å². The number of benzene rings is 1. The summed E-state index contributed by atoms with van der Waals surface area (Å²) in [6.45, 7) is 3.31. The molecule has 1 aromatic rings. The Labute approximate surface area is 128 Å². The van der Waals surface area contributed by atoms with Gasteiger partial charge < -0.3 is 10.6 Å². The Balaban J connectivity index is 1.76. The fraction of sp³-hybridized carbons (Fsp3) is 0.533. The number of fused-ring (bicyclic) bond motifs is 1. The van der Waals surface area contributed by atoms with Gasteiger partial charge in [-0.25, -0.2) is 0 Å². The van der Waals surface area contributed by atoms with Crippen LogP contribution in [0.2, 0.25) is 0 Å². The van der Waals surface area contributed by atoms with Crippen molar-refractivity contribution in [2.24, 2.45) is 5.73 Å². The molecule has 20 heavy (non-hydrogen) atoms. The second-order valence-electron chi connectivity index (χ2n) is 5.58. The average molecular weight is 338 g/mol. The number of nitrogens with two attached hydrogens (primary N) is 1. The van der Waals surface area contributed by atoms with Gasteiger partial charge in [0.15, 0.2) is 0 Å². The number of rotatable bonds is 3. The molecule has 2 saturated heterocycles. The predicted octanol–water partition coefficient (Wildman–Crippen LogP) is 1.76. The van der Waals surface area contributed by atoms with Gasteiger partial charge in [-0.15, -0.1) is 0 Å². The van der Waals surface area contributed by atoms with Crippen molar-refractivity contribution in [3.05, 3.63) is 34.3 Å². The van der Waals surface area contributed by atoms with Gasteiger partial charge in [-0.3, -0.25) is 9.69 Å². The first-order valence-corrected chi connectivity index (χ1v) is 7.97. The molecule has 1 aromatic carbocycles. The van der Waals surface area contributed by atoms with E-state index in [1.54, 1.807) is 0 Å². The Morgan fingerprint density at radius 3 is 3.00 bits per heavy atom. The summed E-state index contributed by atoms with van der Waals surface area (Å²) >= 11 is 3.52. The molecule has 0 saturated carbocycles. The van der Waals surface area contributed by atoms with Crippen LogP contribution in [0.4, 0.5) is 0 Å². The third-order valence-corrected chi connectivity index (χ3v) is 4.92. The number of halogens is 1. The van der Waals surface area contributed by atoms with E-state index in [0.29, 0.717) is 24.9 Å². The van der Waals surface area contributed by atoms with Crippen molar-refractivity contribution in [1.82, 2.24) is 9.80 Å². The highest BCUT2D eigenvalue weighted by Crippen LogP contribution is 2.29. The van der Waals surface area contributed by atoms with Crippen molar-refractivity contribution in [3.8, 4) is 0 Å². The summed E-state index contributed by atoms with van der Waals surface area (Å²) in [5.41, 5.74) is 7.26. The zero-order valence-electron chi connectivity index (χ0n) is 11.5. The number of hydrogen-bond acceptors (Lipinski definition) is 3. The lowest BCUT2D eigenvalue weighted by molar-refractivity contribution is -0.131. The van der Waals surface area contributed by atoms with Crippen LogP contribution in [0, 0.1) is 0 Å². The zero-order valence-corrected chi connectivity index (χ0v) is 13.1. The second kappa shape index (κ2) is 5.84. The molecule has 4 nitrogen and oxygen atoms in total. The van der Waals surface area contributed by atoms with Gasteiger partial charge in [0.2, 0.25) is 5.91 Å². The molecule has 2 aliphatic heterocycles. The van der Waals surface area contributed by atoms with E-state index in [4.69, 9.17) is 5.73 Å². The first-order chi connectivity index (χ1) is 9.69. The predicted molar refractivity (Wildman–Crippen MR) is 82.2 cm³/mol. The molecule has 1 amide bonds. The number of amides is 1. The molecule has 2 aliphatic rings. The van der Waals surface area contributed by atoms with Crippen molar-refractivity contribution >= 4 is 21.8 Å². The first-order valence-electron chi connectivity index (χ1n) is 7.18. The Morgan fingerprint density at radius 1 is 1.40 bits per heavy atom. The van der Waals surface area contributed by atoms with E-state index >= 15 is 0 Å². The smallest absolute Gasteiger partial charge is 0.222 e. The molecule has 0 radical (unpaired) electrons. The monoisotopic (exact) mass is 337 g/mol. The zero-order chi connectivity index (χ0) is 14.1. The van der Waals surface area contributed by atoms with Gasteiger partial charge in [0.05, 0.1) is 0 Å². The third kappa shape index (κ3) is 2.62. The largest absolute Gasteiger partial charge is 0.337 e. The molecule has 2 atom stereocenters. The van der Waals surface area contributed by atoms with Gasteiger partial charge in [0.25, 0.3) is 0 Å². The molecule has 2 unspecified atom stereocenters. The van der Waals surface area contributed by atoms with Crippen LogP contribution in [-0.2, 0) is 4.79 Å². The topological polar surface area (TPSA) is 49.6 Å². The number of nitrogens with zero attached hydrogens (tertiary/aromatic N) is 2. The fourth-order valence-electron chi connectivity index (χ4n) is 3.38. The van der Waals surface area contributed by atoms with E-state index in [1.807, 2.05) is 11.0 Å². The molecule has 0 aromatic heterocycles. The highest BCUT2D eigenvalue weighted by atomic mass is 79.9. The summed E-state index contributed by atoms with van der Waals surface area (Å²) < 4.78 is 1.09. The van der Waals surface area contributed by atoms with Crippen LogP contribution < -0.4 is 5.73 Å². The van der Waals surface area contributed by atoms with Crippen LogP contribution in [0.3, 0.4) is 0 Å². The van der Waals surface area contributed by atoms with Gasteiger partial charge in [-0.05, 0) is 24.1 Å². The molecular weight excluding hydrogens is 318 g/mol. The summed E-state index contributed by atoms with van der Waals surface area (Å²) in [4.78, 5) is 16.2. The van der Waals surface area contributed by atoms with Gasteiger partial charge in [0, 0.05) is 49.2 Å². The van der Waals surface area contributed by atoms with Crippen LogP contribution >= 0.6 is 15.9 Å². The first kappa shape index (κ1) is 14.0. The molecule has 108 valence electrons. The van der Waals surface area contributed by atoms with Gasteiger partial charge >= 0.3 is 0 Å². The minimum atomic E-state index is 0.241. The summed E-state index contributed by atoms with van der Waals surface area (Å²) in [6.07, 6.45) is 1.70. The number of piperazine rings is 1. The van der Waals surface area contributed by atoms with Gasteiger partial charge in [0.1, 0.15) is 0 Å². The lowest BCUT2D eigenvalue weighted by Crippen LogP contribution is -2.53. The molecular formula is C15H20BrN3O. The van der Waals surface area contributed by atoms with E-state index in [0.717, 1.165) is 30.5 Å². The van der Waals surface area contributed by atoms with E-state index in [9.17, 15) is 4.79 Å². The van der Waals surface area contributed by atoms with Crippen molar-refractivity contribution in [3.63, 3.8) is 0 Å².